The molecule has 1 saturated heterocycles. The molecule has 0 aromatic rings. The highest BCUT2D eigenvalue weighted by Crippen LogP contribution is 2.54. The van der Waals surface area contributed by atoms with Gasteiger partial charge in [0.05, 0.1) is 6.61 Å². The lowest BCUT2D eigenvalue weighted by Gasteiger charge is -2.50. The molecular weight excluding hydrogens is 222 g/mol. The minimum absolute atomic E-state index is 0.0228. The molecule has 2 spiro atoms. The lowest BCUT2D eigenvalue weighted by atomic mass is 9.70. The van der Waals surface area contributed by atoms with E-state index in [4.69, 9.17) is 4.74 Å². The van der Waals surface area contributed by atoms with Gasteiger partial charge in [-0.25, -0.2) is 0 Å². The second kappa shape index (κ2) is 3.96. The van der Waals surface area contributed by atoms with Crippen molar-refractivity contribution in [3.05, 3.63) is 0 Å². The SMILES string of the molecule is CC1NC2(CCC(C(C)(C)C)CC2)OCC12CC2. The van der Waals surface area contributed by atoms with E-state index in [0.717, 1.165) is 12.5 Å². The molecule has 0 aromatic carbocycles. The number of rotatable bonds is 0. The van der Waals surface area contributed by atoms with Gasteiger partial charge in [-0.3, -0.25) is 5.32 Å². The summed E-state index contributed by atoms with van der Waals surface area (Å²) in [4.78, 5) is 0. The molecule has 1 atom stereocenters. The Morgan fingerprint density at radius 2 is 1.67 bits per heavy atom. The molecular formula is C16H29NO. The van der Waals surface area contributed by atoms with Crippen LogP contribution in [0.2, 0.25) is 0 Å². The summed E-state index contributed by atoms with van der Waals surface area (Å²) in [5, 5.41) is 3.83. The van der Waals surface area contributed by atoms with Gasteiger partial charge in [-0.1, -0.05) is 20.8 Å². The van der Waals surface area contributed by atoms with Crippen LogP contribution in [0.4, 0.5) is 0 Å². The summed E-state index contributed by atoms with van der Waals surface area (Å²) in [6, 6.07) is 0.650. The summed E-state index contributed by atoms with van der Waals surface area (Å²) in [6.45, 7) is 10.5. The molecule has 104 valence electrons. The maximum Gasteiger partial charge on any atom is 0.119 e. The van der Waals surface area contributed by atoms with Crippen molar-refractivity contribution >= 4 is 0 Å². The molecule has 0 bridgehead atoms. The van der Waals surface area contributed by atoms with Gasteiger partial charge in [0.2, 0.25) is 0 Å². The lowest BCUT2D eigenvalue weighted by Crippen LogP contribution is -2.61. The summed E-state index contributed by atoms with van der Waals surface area (Å²) < 4.78 is 6.30. The highest BCUT2D eigenvalue weighted by atomic mass is 16.5. The van der Waals surface area contributed by atoms with Gasteiger partial charge in [-0.15, -0.1) is 0 Å². The van der Waals surface area contributed by atoms with Crippen molar-refractivity contribution in [1.82, 2.24) is 5.32 Å². The van der Waals surface area contributed by atoms with E-state index in [1.54, 1.807) is 0 Å². The fraction of sp³-hybridized carbons (Fsp3) is 1.00. The maximum atomic E-state index is 6.30. The highest BCUT2D eigenvalue weighted by Gasteiger charge is 2.55. The molecule has 1 aliphatic heterocycles. The van der Waals surface area contributed by atoms with Crippen LogP contribution in [-0.4, -0.2) is 18.4 Å². The third kappa shape index (κ3) is 2.12. The molecule has 1 heterocycles. The van der Waals surface area contributed by atoms with Crippen LogP contribution >= 0.6 is 0 Å². The molecule has 3 fully saturated rings. The van der Waals surface area contributed by atoms with Gasteiger partial charge in [0.15, 0.2) is 0 Å². The normalized spacial score (nSPS) is 43.3. The van der Waals surface area contributed by atoms with Crippen LogP contribution in [0.5, 0.6) is 0 Å². The molecule has 0 amide bonds. The van der Waals surface area contributed by atoms with Crippen LogP contribution in [0.3, 0.4) is 0 Å². The number of hydrogen-bond acceptors (Lipinski definition) is 2. The van der Waals surface area contributed by atoms with Crippen molar-refractivity contribution in [2.45, 2.75) is 78.0 Å². The summed E-state index contributed by atoms with van der Waals surface area (Å²) in [5.41, 5.74) is 0.987. The van der Waals surface area contributed by atoms with E-state index in [0.29, 0.717) is 16.9 Å². The Kier molecular flexibility index (Phi) is 2.84. The first-order valence-corrected chi connectivity index (χ1v) is 7.77. The second-order valence-corrected chi connectivity index (χ2v) is 8.15. The summed E-state index contributed by atoms with van der Waals surface area (Å²) in [5.74, 6) is 0.862. The van der Waals surface area contributed by atoms with Gasteiger partial charge in [0, 0.05) is 11.5 Å². The van der Waals surface area contributed by atoms with E-state index in [2.05, 4.69) is 33.0 Å². The third-order valence-electron chi connectivity index (χ3n) is 5.94. The Labute approximate surface area is 112 Å². The van der Waals surface area contributed by atoms with Crippen LogP contribution in [0.15, 0.2) is 0 Å². The summed E-state index contributed by atoms with van der Waals surface area (Å²) in [7, 11) is 0. The standard InChI is InChI=1S/C16H29NO/c1-12-15(9-10-15)11-18-16(17-12)7-5-13(6-8-16)14(2,3)4/h12-13,17H,5-11H2,1-4H3. The monoisotopic (exact) mass is 251 g/mol. The molecule has 0 radical (unpaired) electrons. The quantitative estimate of drug-likeness (QED) is 0.708. The van der Waals surface area contributed by atoms with Gasteiger partial charge in [0.25, 0.3) is 0 Å². The zero-order valence-corrected chi connectivity index (χ0v) is 12.5. The van der Waals surface area contributed by atoms with Gasteiger partial charge in [-0.2, -0.15) is 0 Å². The molecule has 3 rings (SSSR count). The predicted molar refractivity (Wildman–Crippen MR) is 74.4 cm³/mol. The minimum atomic E-state index is 0.0228. The number of nitrogens with one attached hydrogen (secondary N) is 1. The Bertz CT molecular complexity index is 318. The van der Waals surface area contributed by atoms with Gasteiger partial charge in [-0.05, 0) is 56.8 Å². The first kappa shape index (κ1) is 12.9. The average Bonchev–Trinajstić information content (AvgIpc) is 3.05. The zero-order valence-electron chi connectivity index (χ0n) is 12.5. The number of ether oxygens (including phenoxy) is 1. The van der Waals surface area contributed by atoms with E-state index in [1.165, 1.54) is 38.5 Å². The van der Waals surface area contributed by atoms with Gasteiger partial charge in [0.1, 0.15) is 5.72 Å². The molecule has 2 saturated carbocycles. The van der Waals surface area contributed by atoms with Crippen molar-refractivity contribution in [3.8, 4) is 0 Å². The first-order valence-electron chi connectivity index (χ1n) is 7.77. The fourth-order valence-corrected chi connectivity index (χ4v) is 3.97. The smallest absolute Gasteiger partial charge is 0.119 e. The Morgan fingerprint density at radius 1 is 1.06 bits per heavy atom. The van der Waals surface area contributed by atoms with E-state index in [9.17, 15) is 0 Å². The first-order chi connectivity index (χ1) is 8.35. The van der Waals surface area contributed by atoms with Crippen molar-refractivity contribution in [3.63, 3.8) is 0 Å². The van der Waals surface area contributed by atoms with Crippen molar-refractivity contribution < 1.29 is 4.74 Å². The van der Waals surface area contributed by atoms with Crippen LogP contribution in [0, 0.1) is 16.7 Å². The van der Waals surface area contributed by atoms with E-state index < -0.39 is 0 Å². The molecule has 2 nitrogen and oxygen atoms in total. The Morgan fingerprint density at radius 3 is 2.11 bits per heavy atom. The van der Waals surface area contributed by atoms with E-state index >= 15 is 0 Å². The molecule has 18 heavy (non-hydrogen) atoms. The maximum absolute atomic E-state index is 6.30. The van der Waals surface area contributed by atoms with Gasteiger partial charge >= 0.3 is 0 Å². The summed E-state index contributed by atoms with van der Waals surface area (Å²) in [6.07, 6.45) is 7.76. The molecule has 0 aromatic heterocycles. The van der Waals surface area contributed by atoms with E-state index in [1.807, 2.05) is 0 Å². The van der Waals surface area contributed by atoms with Crippen LogP contribution < -0.4 is 5.32 Å². The Hall–Kier alpha value is -0.0800. The topological polar surface area (TPSA) is 21.3 Å². The summed E-state index contributed by atoms with van der Waals surface area (Å²) >= 11 is 0. The van der Waals surface area contributed by atoms with Crippen molar-refractivity contribution in [2.75, 3.05) is 6.61 Å². The molecule has 2 heteroatoms. The third-order valence-corrected chi connectivity index (χ3v) is 5.94. The minimum Gasteiger partial charge on any atom is -0.360 e. The molecule has 2 aliphatic carbocycles. The predicted octanol–water partition coefficient (Wildman–Crippen LogP) is 3.71. The van der Waals surface area contributed by atoms with Crippen molar-refractivity contribution in [2.24, 2.45) is 16.7 Å². The molecule has 3 aliphatic rings. The van der Waals surface area contributed by atoms with Crippen molar-refractivity contribution in [1.29, 1.82) is 0 Å². The molecule has 1 N–H and O–H groups in total. The van der Waals surface area contributed by atoms with E-state index in [-0.39, 0.29) is 5.72 Å². The zero-order chi connectivity index (χ0) is 13.0. The molecule has 1 unspecified atom stereocenters. The Balaban J connectivity index is 1.62. The van der Waals surface area contributed by atoms with Crippen LogP contribution in [-0.2, 0) is 4.74 Å². The van der Waals surface area contributed by atoms with Gasteiger partial charge < -0.3 is 4.74 Å². The largest absolute Gasteiger partial charge is 0.360 e. The second-order valence-electron chi connectivity index (χ2n) is 8.15. The van der Waals surface area contributed by atoms with Crippen LogP contribution in [0.1, 0.15) is 66.2 Å². The average molecular weight is 251 g/mol. The highest BCUT2D eigenvalue weighted by molar-refractivity contribution is 5.06. The van der Waals surface area contributed by atoms with Crippen LogP contribution in [0.25, 0.3) is 0 Å². The fourth-order valence-electron chi connectivity index (χ4n) is 3.97. The lowest BCUT2D eigenvalue weighted by molar-refractivity contribution is -0.164. The number of hydrogen-bond donors (Lipinski definition) is 1.